The highest BCUT2D eigenvalue weighted by atomic mass is 16.6. The molecule has 0 radical (unpaired) electrons. The van der Waals surface area contributed by atoms with E-state index in [-0.39, 0.29) is 28.7 Å². The molecule has 1 aliphatic heterocycles. The minimum atomic E-state index is -0.646. The van der Waals surface area contributed by atoms with Gasteiger partial charge in [0.1, 0.15) is 6.04 Å². The lowest BCUT2D eigenvalue weighted by Gasteiger charge is -2.35. The smallest absolute Gasteiger partial charge is 0.233 e. The number of nitro groups is 1. The average Bonchev–Trinajstić information content (AvgIpc) is 2.01. The minimum absolute atomic E-state index is 0.0805. The molecular weight excluding hydrogens is 184 g/mol. The molecule has 0 aromatic rings. The van der Waals surface area contributed by atoms with Crippen LogP contribution in [0.15, 0.2) is 0 Å². The summed E-state index contributed by atoms with van der Waals surface area (Å²) in [4.78, 5) is 21.6. The Morgan fingerprint density at radius 3 is 2.50 bits per heavy atom. The minimum Gasteiger partial charge on any atom is -0.346 e. The standard InChI is InChI=1S/C9H16N2O3/c1-9(2,3)8-6(11(13)14)4-5-7(12)10-8/h6,8H,4-5H2,1-3H3,(H,10,12)/t6-,8+/m1/s1. The van der Waals surface area contributed by atoms with E-state index in [1.807, 2.05) is 20.8 Å². The van der Waals surface area contributed by atoms with E-state index in [1.165, 1.54) is 0 Å². The van der Waals surface area contributed by atoms with Crippen molar-refractivity contribution >= 4 is 5.91 Å². The van der Waals surface area contributed by atoms with Crippen LogP contribution in [0.1, 0.15) is 33.6 Å². The van der Waals surface area contributed by atoms with Crippen LogP contribution in [-0.2, 0) is 4.79 Å². The van der Waals surface area contributed by atoms with Gasteiger partial charge in [0.25, 0.3) is 0 Å². The first-order chi connectivity index (χ1) is 6.32. The highest BCUT2D eigenvalue weighted by molar-refractivity contribution is 5.77. The lowest BCUT2D eigenvalue weighted by Crippen LogP contribution is -2.57. The molecule has 1 amide bonds. The molecule has 0 aromatic heterocycles. The van der Waals surface area contributed by atoms with Gasteiger partial charge in [-0.25, -0.2) is 0 Å². The fourth-order valence-electron chi connectivity index (χ4n) is 1.81. The third-order valence-corrected chi connectivity index (χ3v) is 2.57. The SMILES string of the molecule is CC(C)(C)[C@H]1NC(=O)CC[C@H]1[N+](=O)[O-]. The lowest BCUT2D eigenvalue weighted by atomic mass is 9.79. The zero-order valence-electron chi connectivity index (χ0n) is 8.74. The van der Waals surface area contributed by atoms with E-state index in [4.69, 9.17) is 0 Å². The normalized spacial score (nSPS) is 28.4. The van der Waals surface area contributed by atoms with Gasteiger partial charge < -0.3 is 5.32 Å². The second-order valence-corrected chi connectivity index (χ2v) is 4.80. The number of hydrogen-bond donors (Lipinski definition) is 1. The second-order valence-electron chi connectivity index (χ2n) is 4.80. The Morgan fingerprint density at radius 2 is 2.07 bits per heavy atom. The zero-order chi connectivity index (χ0) is 10.9. The molecule has 14 heavy (non-hydrogen) atoms. The first-order valence-electron chi connectivity index (χ1n) is 4.75. The number of hydrogen-bond acceptors (Lipinski definition) is 3. The molecule has 1 rings (SSSR count). The van der Waals surface area contributed by atoms with E-state index < -0.39 is 6.04 Å². The molecule has 1 N–H and O–H groups in total. The summed E-state index contributed by atoms with van der Waals surface area (Å²) in [5, 5.41) is 13.5. The van der Waals surface area contributed by atoms with Gasteiger partial charge in [0.15, 0.2) is 0 Å². The quantitative estimate of drug-likeness (QED) is 0.506. The largest absolute Gasteiger partial charge is 0.346 e. The molecule has 0 aromatic carbocycles. The molecular formula is C9H16N2O3. The summed E-state index contributed by atoms with van der Waals surface area (Å²) < 4.78 is 0. The Bertz CT molecular complexity index is 257. The van der Waals surface area contributed by atoms with Crippen LogP contribution < -0.4 is 5.32 Å². The Balaban J connectivity index is 2.84. The maximum Gasteiger partial charge on any atom is 0.233 e. The maximum absolute atomic E-state index is 11.2. The lowest BCUT2D eigenvalue weighted by molar-refractivity contribution is -0.531. The average molecular weight is 200 g/mol. The molecule has 0 unspecified atom stereocenters. The molecule has 0 aliphatic carbocycles. The van der Waals surface area contributed by atoms with Crippen LogP contribution in [0.4, 0.5) is 0 Å². The number of nitrogens with zero attached hydrogens (tertiary/aromatic N) is 1. The number of rotatable bonds is 1. The van der Waals surface area contributed by atoms with Crippen molar-refractivity contribution in [1.82, 2.24) is 5.32 Å². The van der Waals surface area contributed by atoms with Crippen molar-refractivity contribution in [2.75, 3.05) is 0 Å². The molecule has 5 heteroatoms. The third kappa shape index (κ3) is 2.21. The molecule has 0 spiro atoms. The van der Waals surface area contributed by atoms with E-state index in [9.17, 15) is 14.9 Å². The van der Waals surface area contributed by atoms with Crippen molar-refractivity contribution in [3.05, 3.63) is 10.1 Å². The summed E-state index contributed by atoms with van der Waals surface area (Å²) in [5.41, 5.74) is -0.270. The highest BCUT2D eigenvalue weighted by Crippen LogP contribution is 2.27. The zero-order valence-corrected chi connectivity index (χ0v) is 8.74. The first kappa shape index (κ1) is 10.9. The summed E-state index contributed by atoms with van der Waals surface area (Å²) in [6, 6.07) is -1.01. The van der Waals surface area contributed by atoms with Crippen LogP contribution in [-0.4, -0.2) is 22.9 Å². The van der Waals surface area contributed by atoms with E-state index >= 15 is 0 Å². The monoisotopic (exact) mass is 200 g/mol. The van der Waals surface area contributed by atoms with Crippen LogP contribution in [0.2, 0.25) is 0 Å². The molecule has 5 nitrogen and oxygen atoms in total. The number of nitrogens with one attached hydrogen (secondary N) is 1. The second kappa shape index (κ2) is 3.55. The van der Waals surface area contributed by atoms with Crippen LogP contribution >= 0.6 is 0 Å². The van der Waals surface area contributed by atoms with Crippen LogP contribution in [0, 0.1) is 15.5 Å². The van der Waals surface area contributed by atoms with Crippen LogP contribution in [0.5, 0.6) is 0 Å². The first-order valence-corrected chi connectivity index (χ1v) is 4.75. The van der Waals surface area contributed by atoms with Gasteiger partial charge in [-0.15, -0.1) is 0 Å². The van der Waals surface area contributed by atoms with E-state index in [1.54, 1.807) is 0 Å². The Morgan fingerprint density at radius 1 is 1.50 bits per heavy atom. The summed E-state index contributed by atoms with van der Waals surface area (Å²) in [5.74, 6) is -0.0805. The predicted octanol–water partition coefficient (Wildman–Crippen LogP) is 0.956. The summed E-state index contributed by atoms with van der Waals surface area (Å²) in [6.07, 6.45) is 0.610. The van der Waals surface area contributed by atoms with Crippen molar-refractivity contribution in [3.8, 4) is 0 Å². The van der Waals surface area contributed by atoms with Gasteiger partial charge in [0.2, 0.25) is 11.9 Å². The van der Waals surface area contributed by atoms with Crippen LogP contribution in [0.25, 0.3) is 0 Å². The van der Waals surface area contributed by atoms with Crippen molar-refractivity contribution in [2.45, 2.75) is 45.7 Å². The van der Waals surface area contributed by atoms with E-state index in [2.05, 4.69) is 5.32 Å². The van der Waals surface area contributed by atoms with Gasteiger partial charge in [0, 0.05) is 17.8 Å². The van der Waals surface area contributed by atoms with Gasteiger partial charge in [0.05, 0.1) is 0 Å². The van der Waals surface area contributed by atoms with E-state index in [0.29, 0.717) is 6.42 Å². The van der Waals surface area contributed by atoms with Gasteiger partial charge in [-0.3, -0.25) is 14.9 Å². The summed E-state index contributed by atoms with van der Waals surface area (Å²) in [6.45, 7) is 5.71. The van der Waals surface area contributed by atoms with Gasteiger partial charge in [-0.1, -0.05) is 20.8 Å². The molecule has 80 valence electrons. The molecule has 1 saturated heterocycles. The van der Waals surface area contributed by atoms with Gasteiger partial charge in [-0.2, -0.15) is 0 Å². The van der Waals surface area contributed by atoms with Crippen LogP contribution in [0.3, 0.4) is 0 Å². The molecule has 0 bridgehead atoms. The predicted molar refractivity (Wildman–Crippen MR) is 51.4 cm³/mol. The van der Waals surface area contributed by atoms with Crippen molar-refractivity contribution in [1.29, 1.82) is 0 Å². The Hall–Kier alpha value is -1.13. The maximum atomic E-state index is 11.2. The molecule has 1 aliphatic rings. The fourth-order valence-corrected chi connectivity index (χ4v) is 1.81. The number of carbonyl (C=O) groups is 1. The van der Waals surface area contributed by atoms with Crippen molar-refractivity contribution in [3.63, 3.8) is 0 Å². The highest BCUT2D eigenvalue weighted by Gasteiger charge is 2.43. The molecule has 1 heterocycles. The third-order valence-electron chi connectivity index (χ3n) is 2.57. The Kier molecular flexibility index (Phi) is 2.78. The van der Waals surface area contributed by atoms with Crippen molar-refractivity contribution in [2.24, 2.45) is 5.41 Å². The van der Waals surface area contributed by atoms with Crippen molar-refractivity contribution < 1.29 is 9.72 Å². The number of amides is 1. The topological polar surface area (TPSA) is 72.2 Å². The molecule has 1 fully saturated rings. The Labute approximate surface area is 83.0 Å². The molecule has 2 atom stereocenters. The summed E-state index contributed by atoms with van der Waals surface area (Å²) >= 11 is 0. The van der Waals surface area contributed by atoms with E-state index in [0.717, 1.165) is 0 Å². The van der Waals surface area contributed by atoms with Gasteiger partial charge >= 0.3 is 0 Å². The summed E-state index contributed by atoms with van der Waals surface area (Å²) in [7, 11) is 0. The van der Waals surface area contributed by atoms with Gasteiger partial charge in [-0.05, 0) is 5.41 Å². The fraction of sp³-hybridized carbons (Fsp3) is 0.889. The number of piperidine rings is 1. The number of carbonyl (C=O) groups excluding carboxylic acids is 1. The molecule has 0 saturated carbocycles.